The van der Waals surface area contributed by atoms with Gasteiger partial charge in [-0.2, -0.15) is 0 Å². The first-order valence-electron chi connectivity index (χ1n) is 6.43. The van der Waals surface area contributed by atoms with Gasteiger partial charge in [-0.1, -0.05) is 23.8 Å². The van der Waals surface area contributed by atoms with Crippen molar-refractivity contribution in [1.29, 1.82) is 0 Å². The minimum absolute atomic E-state index is 0.0752. The third kappa shape index (κ3) is 5.42. The van der Waals surface area contributed by atoms with Crippen molar-refractivity contribution in [3.8, 4) is 5.75 Å². The van der Waals surface area contributed by atoms with Crippen molar-refractivity contribution in [2.45, 2.75) is 25.9 Å². The third-order valence-electron chi connectivity index (χ3n) is 2.93. The zero-order valence-corrected chi connectivity index (χ0v) is 11.5. The highest BCUT2D eigenvalue weighted by molar-refractivity contribution is 5.86. The van der Waals surface area contributed by atoms with Crippen LogP contribution in [0.25, 0.3) is 0 Å². The second kappa shape index (κ2) is 8.35. The van der Waals surface area contributed by atoms with Crippen LogP contribution >= 0.6 is 0 Å². The Kier molecular flexibility index (Phi) is 6.76. The summed E-state index contributed by atoms with van der Waals surface area (Å²) in [4.78, 5) is 10.9. The largest absolute Gasteiger partial charge is 0.491 e. The molecule has 0 aliphatic carbocycles. The number of para-hydroxylation sites is 1. The number of ether oxygens (including phenoxy) is 1. The molecule has 0 saturated heterocycles. The molecule has 110 valence electrons. The van der Waals surface area contributed by atoms with Gasteiger partial charge in [0.15, 0.2) is 0 Å². The lowest BCUT2D eigenvalue weighted by atomic mass is 10.00. The van der Waals surface area contributed by atoms with Crippen LogP contribution in [0.5, 0.6) is 5.75 Å². The standard InChI is InChI=1S/C15H20O5/c1-11(15(18)19)12(7-8-16)9-13(17)10-20-14-5-3-2-4-6-14/h2-6,13,16-17H,7-10H2,1H3,(H,18,19). The van der Waals surface area contributed by atoms with Crippen molar-refractivity contribution < 1.29 is 24.9 Å². The summed E-state index contributed by atoms with van der Waals surface area (Å²) in [6.45, 7) is 1.40. The maximum Gasteiger partial charge on any atom is 0.331 e. The second-order valence-corrected chi connectivity index (χ2v) is 4.49. The summed E-state index contributed by atoms with van der Waals surface area (Å²) in [6, 6.07) is 9.07. The number of aliphatic hydroxyl groups excluding tert-OH is 2. The highest BCUT2D eigenvalue weighted by Crippen LogP contribution is 2.17. The summed E-state index contributed by atoms with van der Waals surface area (Å²) in [5.41, 5.74) is 0.696. The van der Waals surface area contributed by atoms with E-state index >= 15 is 0 Å². The highest BCUT2D eigenvalue weighted by atomic mass is 16.5. The maximum atomic E-state index is 10.9. The first-order valence-corrected chi connectivity index (χ1v) is 6.43. The van der Waals surface area contributed by atoms with E-state index in [9.17, 15) is 9.90 Å². The van der Waals surface area contributed by atoms with Gasteiger partial charge in [0, 0.05) is 12.2 Å². The molecular formula is C15H20O5. The van der Waals surface area contributed by atoms with Crippen LogP contribution in [0.1, 0.15) is 19.8 Å². The Morgan fingerprint density at radius 2 is 1.95 bits per heavy atom. The van der Waals surface area contributed by atoms with Crippen molar-refractivity contribution in [2.75, 3.05) is 13.2 Å². The van der Waals surface area contributed by atoms with Crippen LogP contribution in [0.3, 0.4) is 0 Å². The van der Waals surface area contributed by atoms with Crippen molar-refractivity contribution >= 4 is 5.97 Å². The summed E-state index contributed by atoms with van der Waals surface area (Å²) < 4.78 is 5.40. The molecule has 0 heterocycles. The Hall–Kier alpha value is -1.85. The molecule has 0 amide bonds. The molecule has 0 fully saturated rings. The molecule has 0 spiro atoms. The molecule has 3 N–H and O–H groups in total. The number of benzene rings is 1. The van der Waals surface area contributed by atoms with E-state index in [4.69, 9.17) is 14.9 Å². The van der Waals surface area contributed by atoms with Crippen molar-refractivity contribution in [3.63, 3.8) is 0 Å². The molecular weight excluding hydrogens is 260 g/mol. The zero-order valence-electron chi connectivity index (χ0n) is 11.5. The van der Waals surface area contributed by atoms with Gasteiger partial charge in [0.05, 0.1) is 6.10 Å². The van der Waals surface area contributed by atoms with Crippen LogP contribution in [-0.2, 0) is 4.79 Å². The fraction of sp³-hybridized carbons (Fsp3) is 0.400. The number of rotatable bonds is 8. The molecule has 5 nitrogen and oxygen atoms in total. The predicted octanol–water partition coefficient (Wildman–Crippen LogP) is 1.60. The molecule has 1 atom stereocenters. The van der Waals surface area contributed by atoms with E-state index < -0.39 is 12.1 Å². The van der Waals surface area contributed by atoms with E-state index in [-0.39, 0.29) is 31.6 Å². The smallest absolute Gasteiger partial charge is 0.331 e. The molecule has 1 unspecified atom stereocenters. The van der Waals surface area contributed by atoms with E-state index in [1.165, 1.54) is 6.92 Å². The minimum atomic E-state index is -1.04. The number of hydrogen-bond acceptors (Lipinski definition) is 4. The number of aliphatic carboxylic acids is 1. The first kappa shape index (κ1) is 16.2. The van der Waals surface area contributed by atoms with Crippen LogP contribution < -0.4 is 4.74 Å². The van der Waals surface area contributed by atoms with E-state index in [2.05, 4.69) is 0 Å². The average Bonchev–Trinajstić information content (AvgIpc) is 2.45. The molecule has 0 radical (unpaired) electrons. The fourth-order valence-corrected chi connectivity index (χ4v) is 1.78. The maximum absolute atomic E-state index is 10.9. The Labute approximate surface area is 118 Å². The van der Waals surface area contributed by atoms with E-state index in [1.807, 2.05) is 18.2 Å². The summed E-state index contributed by atoms with van der Waals surface area (Å²) >= 11 is 0. The molecule has 20 heavy (non-hydrogen) atoms. The third-order valence-corrected chi connectivity index (χ3v) is 2.93. The number of carboxylic acid groups (broad SMARTS) is 1. The quantitative estimate of drug-likeness (QED) is 0.630. The summed E-state index contributed by atoms with van der Waals surface area (Å²) in [5.74, 6) is -0.390. The van der Waals surface area contributed by atoms with Crippen molar-refractivity contribution in [3.05, 3.63) is 41.5 Å². The molecule has 0 saturated carbocycles. The zero-order chi connectivity index (χ0) is 15.0. The summed E-state index contributed by atoms with van der Waals surface area (Å²) in [7, 11) is 0. The topological polar surface area (TPSA) is 87.0 Å². The molecule has 1 rings (SSSR count). The highest BCUT2D eigenvalue weighted by Gasteiger charge is 2.14. The Morgan fingerprint density at radius 3 is 2.50 bits per heavy atom. The van der Waals surface area contributed by atoms with E-state index in [0.717, 1.165) is 0 Å². The van der Waals surface area contributed by atoms with Crippen molar-refractivity contribution in [2.24, 2.45) is 0 Å². The van der Waals surface area contributed by atoms with Crippen LogP contribution in [0, 0.1) is 0 Å². The van der Waals surface area contributed by atoms with Gasteiger partial charge in [0.2, 0.25) is 0 Å². The Morgan fingerprint density at radius 1 is 1.30 bits per heavy atom. The average molecular weight is 280 g/mol. The van der Waals surface area contributed by atoms with Gasteiger partial charge in [-0.3, -0.25) is 0 Å². The van der Waals surface area contributed by atoms with E-state index in [0.29, 0.717) is 11.3 Å². The number of aliphatic hydroxyl groups is 2. The molecule has 0 bridgehead atoms. The molecule has 1 aromatic rings. The van der Waals surface area contributed by atoms with Gasteiger partial charge in [0.25, 0.3) is 0 Å². The molecule has 0 aromatic heterocycles. The van der Waals surface area contributed by atoms with Gasteiger partial charge < -0.3 is 20.1 Å². The number of carboxylic acids is 1. The van der Waals surface area contributed by atoms with Crippen LogP contribution in [0.2, 0.25) is 0 Å². The van der Waals surface area contributed by atoms with Crippen molar-refractivity contribution in [1.82, 2.24) is 0 Å². The SMILES string of the molecule is CC(C(=O)O)=C(CCO)CC(O)COc1ccccc1. The molecule has 1 aromatic carbocycles. The van der Waals surface area contributed by atoms with Crippen LogP contribution in [0.15, 0.2) is 41.5 Å². The predicted molar refractivity (Wildman–Crippen MR) is 74.6 cm³/mol. The minimum Gasteiger partial charge on any atom is -0.491 e. The lowest BCUT2D eigenvalue weighted by molar-refractivity contribution is -0.132. The lowest BCUT2D eigenvalue weighted by Gasteiger charge is -2.15. The van der Waals surface area contributed by atoms with Gasteiger partial charge in [-0.05, 0) is 31.9 Å². The Balaban J connectivity index is 2.56. The summed E-state index contributed by atoms with van der Waals surface area (Å²) in [6.07, 6.45) is -0.405. The summed E-state index contributed by atoms with van der Waals surface area (Å²) in [5, 5.41) is 27.8. The second-order valence-electron chi connectivity index (χ2n) is 4.49. The van der Waals surface area contributed by atoms with Gasteiger partial charge in [0.1, 0.15) is 12.4 Å². The fourth-order valence-electron chi connectivity index (χ4n) is 1.78. The first-order chi connectivity index (χ1) is 9.54. The van der Waals surface area contributed by atoms with Crippen LogP contribution in [-0.4, -0.2) is 40.6 Å². The monoisotopic (exact) mass is 280 g/mol. The van der Waals surface area contributed by atoms with Gasteiger partial charge >= 0.3 is 5.97 Å². The molecule has 0 aliphatic rings. The number of carbonyl (C=O) groups is 1. The normalized spacial score (nSPS) is 13.6. The number of hydrogen-bond donors (Lipinski definition) is 3. The Bertz CT molecular complexity index is 453. The van der Waals surface area contributed by atoms with Crippen LogP contribution in [0.4, 0.5) is 0 Å². The lowest BCUT2D eigenvalue weighted by Crippen LogP contribution is -2.19. The molecule has 5 heteroatoms. The van der Waals surface area contributed by atoms with E-state index in [1.54, 1.807) is 12.1 Å². The van der Waals surface area contributed by atoms with Gasteiger partial charge in [-0.25, -0.2) is 4.79 Å². The van der Waals surface area contributed by atoms with Gasteiger partial charge in [-0.15, -0.1) is 0 Å². The molecule has 0 aliphatic heterocycles.